The summed E-state index contributed by atoms with van der Waals surface area (Å²) in [5.74, 6) is -0.0804. The molecular formula is C15H14N2O3. The van der Waals surface area contributed by atoms with Gasteiger partial charge in [0, 0.05) is 5.56 Å². The van der Waals surface area contributed by atoms with Crippen molar-refractivity contribution in [2.45, 2.75) is 6.92 Å². The molecule has 0 unspecified atom stereocenters. The largest absolute Gasteiger partial charge is 0.508 e. The Hall–Kier alpha value is -2.82. The first kappa shape index (κ1) is 13.6. The van der Waals surface area contributed by atoms with E-state index in [-0.39, 0.29) is 17.4 Å². The topological polar surface area (TPSA) is 81.9 Å². The summed E-state index contributed by atoms with van der Waals surface area (Å²) in [5, 5.41) is 22.3. The lowest BCUT2D eigenvalue weighted by Crippen LogP contribution is -2.19. The monoisotopic (exact) mass is 270 g/mol. The Morgan fingerprint density at radius 1 is 0.900 bits per heavy atom. The van der Waals surface area contributed by atoms with Crippen LogP contribution in [-0.4, -0.2) is 21.8 Å². The van der Waals surface area contributed by atoms with E-state index >= 15 is 0 Å². The average Bonchev–Trinajstić information content (AvgIpc) is 2.46. The molecule has 102 valence electrons. The van der Waals surface area contributed by atoms with E-state index in [0.29, 0.717) is 11.3 Å². The Kier molecular flexibility index (Phi) is 4.00. The van der Waals surface area contributed by atoms with Crippen LogP contribution < -0.4 is 5.43 Å². The fraction of sp³-hybridized carbons (Fsp3) is 0.0667. The second-order valence-electron chi connectivity index (χ2n) is 4.23. The first-order chi connectivity index (χ1) is 9.56. The highest BCUT2D eigenvalue weighted by Gasteiger charge is 2.04. The Morgan fingerprint density at radius 3 is 1.85 bits per heavy atom. The van der Waals surface area contributed by atoms with Gasteiger partial charge in [0.05, 0.1) is 5.71 Å². The summed E-state index contributed by atoms with van der Waals surface area (Å²) in [6.07, 6.45) is 0. The number of carbonyl (C=O) groups is 1. The highest BCUT2D eigenvalue weighted by Crippen LogP contribution is 2.11. The lowest BCUT2D eigenvalue weighted by atomic mass is 10.1. The number of benzene rings is 2. The number of phenols is 2. The van der Waals surface area contributed by atoms with Crippen LogP contribution in [-0.2, 0) is 0 Å². The number of nitrogens with one attached hydrogen (secondary N) is 1. The second kappa shape index (κ2) is 5.88. The summed E-state index contributed by atoms with van der Waals surface area (Å²) in [4.78, 5) is 11.8. The number of nitrogens with zero attached hydrogens (tertiary/aromatic N) is 1. The van der Waals surface area contributed by atoms with Gasteiger partial charge in [0.15, 0.2) is 0 Å². The standard InChI is InChI=1S/C15H14N2O3/c1-10(11-2-6-13(18)7-3-11)16-17-15(20)12-4-8-14(19)9-5-12/h2-9,18-19H,1H3,(H,17,20)/b16-10+. The fourth-order valence-corrected chi connectivity index (χ4v) is 1.58. The van der Waals surface area contributed by atoms with Crippen molar-refractivity contribution in [3.05, 3.63) is 59.7 Å². The van der Waals surface area contributed by atoms with E-state index in [1.807, 2.05) is 0 Å². The van der Waals surface area contributed by atoms with Crippen LogP contribution in [0.5, 0.6) is 11.5 Å². The summed E-state index contributed by atoms with van der Waals surface area (Å²) in [6.45, 7) is 1.75. The summed E-state index contributed by atoms with van der Waals surface area (Å²) >= 11 is 0. The highest BCUT2D eigenvalue weighted by atomic mass is 16.3. The molecule has 3 N–H and O–H groups in total. The van der Waals surface area contributed by atoms with Crippen molar-refractivity contribution in [3.63, 3.8) is 0 Å². The molecule has 0 bridgehead atoms. The number of hydrogen-bond donors (Lipinski definition) is 3. The van der Waals surface area contributed by atoms with E-state index in [4.69, 9.17) is 5.11 Å². The van der Waals surface area contributed by atoms with Crippen LogP contribution in [0.25, 0.3) is 0 Å². The van der Waals surface area contributed by atoms with E-state index in [1.165, 1.54) is 24.3 Å². The molecule has 2 aromatic carbocycles. The summed E-state index contributed by atoms with van der Waals surface area (Å²) in [6, 6.07) is 12.4. The first-order valence-corrected chi connectivity index (χ1v) is 5.99. The van der Waals surface area contributed by atoms with Gasteiger partial charge in [0.1, 0.15) is 11.5 Å². The third-order valence-corrected chi connectivity index (χ3v) is 2.74. The Bertz CT molecular complexity index is 631. The Balaban J connectivity index is 2.06. The maximum Gasteiger partial charge on any atom is 0.271 e. The van der Waals surface area contributed by atoms with Crippen molar-refractivity contribution in [2.75, 3.05) is 0 Å². The number of aromatic hydroxyl groups is 2. The van der Waals surface area contributed by atoms with Crippen LogP contribution in [0.2, 0.25) is 0 Å². The molecule has 20 heavy (non-hydrogen) atoms. The Morgan fingerprint density at radius 2 is 1.35 bits per heavy atom. The van der Waals surface area contributed by atoms with Crippen LogP contribution >= 0.6 is 0 Å². The molecule has 0 aromatic heterocycles. The minimum atomic E-state index is -0.358. The summed E-state index contributed by atoms with van der Waals surface area (Å²) in [7, 11) is 0. The highest BCUT2D eigenvalue weighted by molar-refractivity contribution is 6.00. The van der Waals surface area contributed by atoms with Crippen molar-refractivity contribution in [3.8, 4) is 11.5 Å². The number of hydrazone groups is 1. The molecule has 0 heterocycles. The van der Waals surface area contributed by atoms with Crippen LogP contribution in [0, 0.1) is 0 Å². The smallest absolute Gasteiger partial charge is 0.271 e. The van der Waals surface area contributed by atoms with Gasteiger partial charge in [-0.1, -0.05) is 0 Å². The number of hydrogen-bond acceptors (Lipinski definition) is 4. The third kappa shape index (κ3) is 3.35. The molecular weight excluding hydrogens is 256 g/mol. The van der Waals surface area contributed by atoms with Crippen LogP contribution in [0.3, 0.4) is 0 Å². The van der Waals surface area contributed by atoms with Crippen molar-refractivity contribution in [1.82, 2.24) is 5.43 Å². The zero-order valence-electron chi connectivity index (χ0n) is 10.9. The molecule has 0 atom stereocenters. The number of carbonyl (C=O) groups excluding carboxylic acids is 1. The number of rotatable bonds is 3. The van der Waals surface area contributed by atoms with Crippen molar-refractivity contribution < 1.29 is 15.0 Å². The predicted molar refractivity (Wildman–Crippen MR) is 75.9 cm³/mol. The van der Waals surface area contributed by atoms with Gasteiger partial charge >= 0.3 is 0 Å². The minimum absolute atomic E-state index is 0.102. The molecule has 0 spiro atoms. The van der Waals surface area contributed by atoms with Crippen LogP contribution in [0.1, 0.15) is 22.8 Å². The van der Waals surface area contributed by atoms with Crippen molar-refractivity contribution in [1.29, 1.82) is 0 Å². The fourth-order valence-electron chi connectivity index (χ4n) is 1.58. The van der Waals surface area contributed by atoms with Crippen LogP contribution in [0.4, 0.5) is 0 Å². The van der Waals surface area contributed by atoms with E-state index in [9.17, 15) is 9.90 Å². The van der Waals surface area contributed by atoms with Crippen molar-refractivity contribution in [2.24, 2.45) is 5.10 Å². The normalized spacial score (nSPS) is 11.2. The van der Waals surface area contributed by atoms with E-state index in [0.717, 1.165) is 5.56 Å². The van der Waals surface area contributed by atoms with Gasteiger partial charge in [0.25, 0.3) is 5.91 Å². The molecule has 0 radical (unpaired) electrons. The average molecular weight is 270 g/mol. The first-order valence-electron chi connectivity index (χ1n) is 5.99. The predicted octanol–water partition coefficient (Wildman–Crippen LogP) is 2.25. The van der Waals surface area contributed by atoms with Gasteiger partial charge in [-0.15, -0.1) is 0 Å². The van der Waals surface area contributed by atoms with Gasteiger partial charge in [-0.3, -0.25) is 4.79 Å². The lowest BCUT2D eigenvalue weighted by Gasteiger charge is -2.03. The summed E-state index contributed by atoms with van der Waals surface area (Å²) < 4.78 is 0. The third-order valence-electron chi connectivity index (χ3n) is 2.74. The molecule has 5 heteroatoms. The molecule has 0 fully saturated rings. The van der Waals surface area contributed by atoms with Gasteiger partial charge in [-0.05, 0) is 61.0 Å². The summed E-state index contributed by atoms with van der Waals surface area (Å²) in [5.41, 5.74) is 4.27. The Labute approximate surface area is 116 Å². The lowest BCUT2D eigenvalue weighted by molar-refractivity contribution is 0.0955. The quantitative estimate of drug-likeness (QED) is 0.591. The molecule has 2 aromatic rings. The molecule has 0 aliphatic heterocycles. The van der Waals surface area contributed by atoms with E-state index in [1.54, 1.807) is 31.2 Å². The molecule has 1 amide bonds. The SMILES string of the molecule is C/C(=N\NC(=O)c1ccc(O)cc1)c1ccc(O)cc1. The number of phenolic OH excluding ortho intramolecular Hbond substituents is 2. The molecule has 2 rings (SSSR count). The molecule has 0 saturated heterocycles. The van der Waals surface area contributed by atoms with E-state index in [2.05, 4.69) is 10.5 Å². The molecule has 0 saturated carbocycles. The van der Waals surface area contributed by atoms with Gasteiger partial charge in [0.2, 0.25) is 0 Å². The van der Waals surface area contributed by atoms with Crippen molar-refractivity contribution >= 4 is 11.6 Å². The maximum absolute atomic E-state index is 11.8. The zero-order valence-corrected chi connectivity index (χ0v) is 10.9. The molecule has 0 aliphatic carbocycles. The molecule has 0 aliphatic rings. The van der Waals surface area contributed by atoms with E-state index < -0.39 is 0 Å². The maximum atomic E-state index is 11.8. The molecule has 5 nitrogen and oxygen atoms in total. The zero-order chi connectivity index (χ0) is 14.5. The van der Waals surface area contributed by atoms with Crippen LogP contribution in [0.15, 0.2) is 53.6 Å². The second-order valence-corrected chi connectivity index (χ2v) is 4.23. The number of amides is 1. The van der Waals surface area contributed by atoms with Gasteiger partial charge in [-0.2, -0.15) is 5.10 Å². The van der Waals surface area contributed by atoms with Gasteiger partial charge < -0.3 is 10.2 Å². The van der Waals surface area contributed by atoms with Gasteiger partial charge in [-0.25, -0.2) is 5.43 Å². The minimum Gasteiger partial charge on any atom is -0.508 e.